The first-order valence-electron chi connectivity index (χ1n) is 4.58. The van der Waals surface area contributed by atoms with Crippen molar-refractivity contribution >= 4 is 6.08 Å². The molecule has 0 N–H and O–H groups in total. The lowest BCUT2D eigenvalue weighted by Crippen LogP contribution is -2.28. The molecular formula is C10H15N3. The lowest BCUT2D eigenvalue weighted by Gasteiger charge is -1.85. The zero-order chi connectivity index (χ0) is 9.68. The van der Waals surface area contributed by atoms with Crippen LogP contribution in [0.4, 0.5) is 0 Å². The molecule has 0 atom stereocenters. The van der Waals surface area contributed by atoms with Crippen molar-refractivity contribution in [1.29, 1.82) is 0 Å². The highest BCUT2D eigenvalue weighted by atomic mass is 15.0. The summed E-state index contributed by atoms with van der Waals surface area (Å²) in [4.78, 5) is 8.29. The molecule has 0 spiro atoms. The van der Waals surface area contributed by atoms with Gasteiger partial charge in [-0.15, -0.1) is 0 Å². The quantitative estimate of drug-likeness (QED) is 0.575. The first-order chi connectivity index (χ1) is 6.38. The number of aryl methyl sites for hydroxylation is 1. The Balaban J connectivity index is 0.000000396. The molecule has 0 saturated heterocycles. The second kappa shape index (κ2) is 4.60. The highest BCUT2D eigenvalue weighted by Crippen LogP contribution is 1.86. The molecule has 0 aromatic carbocycles. The van der Waals surface area contributed by atoms with Crippen molar-refractivity contribution in [1.82, 2.24) is 9.55 Å². The Morgan fingerprint density at radius 3 is 2.92 bits per heavy atom. The standard InChI is InChI=1S/C8H9N3.C2H6/c1-11-6-10-8-7(11)4-2-3-5-9-8;1-2/h3-6H,2H2,1H3;1-2H3. The molecule has 3 nitrogen and oxygen atoms in total. The molecule has 0 radical (unpaired) electrons. The highest BCUT2D eigenvalue weighted by molar-refractivity contribution is 5.22. The summed E-state index contributed by atoms with van der Waals surface area (Å²) in [5.41, 5.74) is 0.821. The van der Waals surface area contributed by atoms with E-state index in [1.165, 1.54) is 0 Å². The second-order valence-electron chi connectivity index (χ2n) is 2.52. The Morgan fingerprint density at radius 1 is 1.38 bits per heavy atom. The smallest absolute Gasteiger partial charge is 0.177 e. The van der Waals surface area contributed by atoms with Gasteiger partial charge in [0.25, 0.3) is 0 Å². The van der Waals surface area contributed by atoms with Gasteiger partial charge in [0, 0.05) is 13.2 Å². The number of hydrogen-bond donors (Lipinski definition) is 0. The number of fused-ring (bicyclic) bond motifs is 1. The zero-order valence-corrected chi connectivity index (χ0v) is 8.36. The summed E-state index contributed by atoms with van der Waals surface area (Å²) in [6, 6.07) is 0. The fourth-order valence-electron chi connectivity index (χ4n) is 1.13. The van der Waals surface area contributed by atoms with Crippen LogP contribution in [0, 0.1) is 0 Å². The van der Waals surface area contributed by atoms with Crippen LogP contribution in [0.3, 0.4) is 0 Å². The number of nitrogens with zero attached hydrogens (tertiary/aromatic N) is 3. The molecule has 0 fully saturated rings. The van der Waals surface area contributed by atoms with Crippen LogP contribution in [0.5, 0.6) is 0 Å². The Kier molecular flexibility index (Phi) is 3.43. The van der Waals surface area contributed by atoms with Crippen molar-refractivity contribution in [3.05, 3.63) is 29.4 Å². The van der Waals surface area contributed by atoms with Gasteiger partial charge in [0.05, 0.1) is 11.7 Å². The average Bonchev–Trinajstić information content (AvgIpc) is 2.44. The summed E-state index contributed by atoms with van der Waals surface area (Å²) in [6.07, 6.45) is 8.66. The van der Waals surface area contributed by atoms with E-state index >= 15 is 0 Å². The SMILES string of the molecule is CC.Cn1cnc2c1=CCC=CN=2. The molecule has 2 rings (SSSR count). The molecule has 0 aliphatic carbocycles. The van der Waals surface area contributed by atoms with Crippen LogP contribution in [-0.2, 0) is 7.05 Å². The Hall–Kier alpha value is -1.38. The van der Waals surface area contributed by atoms with Crippen LogP contribution < -0.4 is 10.8 Å². The minimum atomic E-state index is 0.821. The predicted molar refractivity (Wildman–Crippen MR) is 53.6 cm³/mol. The number of allylic oxidation sites excluding steroid dienone is 1. The van der Waals surface area contributed by atoms with Crippen molar-refractivity contribution in [2.24, 2.45) is 12.0 Å². The molecule has 3 heteroatoms. The van der Waals surface area contributed by atoms with Gasteiger partial charge in [0.15, 0.2) is 5.49 Å². The number of imidazole rings is 1. The van der Waals surface area contributed by atoms with Gasteiger partial charge in [0.2, 0.25) is 0 Å². The Labute approximate surface area is 78.1 Å². The topological polar surface area (TPSA) is 30.2 Å². The van der Waals surface area contributed by atoms with Crippen molar-refractivity contribution in [2.45, 2.75) is 20.3 Å². The molecule has 70 valence electrons. The number of rotatable bonds is 0. The van der Waals surface area contributed by atoms with Gasteiger partial charge >= 0.3 is 0 Å². The molecular weight excluding hydrogens is 162 g/mol. The molecule has 1 aromatic rings. The van der Waals surface area contributed by atoms with Crippen LogP contribution in [0.1, 0.15) is 20.3 Å². The molecule has 2 heterocycles. The van der Waals surface area contributed by atoms with E-state index in [1.807, 2.05) is 31.5 Å². The lowest BCUT2D eigenvalue weighted by atomic mass is 10.4. The normalized spacial score (nSPS) is 12.8. The molecule has 0 amide bonds. The summed E-state index contributed by atoms with van der Waals surface area (Å²) in [6.45, 7) is 4.00. The number of aromatic nitrogens is 2. The third-order valence-corrected chi connectivity index (χ3v) is 1.71. The molecule has 0 unspecified atom stereocenters. The van der Waals surface area contributed by atoms with Crippen LogP contribution in [0.25, 0.3) is 6.08 Å². The van der Waals surface area contributed by atoms with Crippen molar-refractivity contribution in [2.75, 3.05) is 0 Å². The highest BCUT2D eigenvalue weighted by Gasteiger charge is 1.93. The van der Waals surface area contributed by atoms with Gasteiger partial charge in [-0.25, -0.2) is 9.98 Å². The van der Waals surface area contributed by atoms with E-state index in [2.05, 4.69) is 16.1 Å². The van der Waals surface area contributed by atoms with Crippen LogP contribution in [-0.4, -0.2) is 9.55 Å². The van der Waals surface area contributed by atoms with Crippen molar-refractivity contribution in [3.63, 3.8) is 0 Å². The lowest BCUT2D eigenvalue weighted by molar-refractivity contribution is 0.877. The first-order valence-corrected chi connectivity index (χ1v) is 4.58. The molecule has 0 saturated carbocycles. The first kappa shape index (κ1) is 9.71. The van der Waals surface area contributed by atoms with Gasteiger partial charge in [-0.2, -0.15) is 0 Å². The fraction of sp³-hybridized carbons (Fsp3) is 0.400. The van der Waals surface area contributed by atoms with Gasteiger partial charge in [0.1, 0.15) is 0 Å². The third-order valence-electron chi connectivity index (χ3n) is 1.71. The van der Waals surface area contributed by atoms with Gasteiger partial charge in [-0.05, 0) is 6.42 Å². The second-order valence-corrected chi connectivity index (χ2v) is 2.52. The maximum Gasteiger partial charge on any atom is 0.177 e. The van der Waals surface area contributed by atoms with E-state index < -0.39 is 0 Å². The van der Waals surface area contributed by atoms with E-state index in [1.54, 1.807) is 12.5 Å². The maximum atomic E-state index is 4.16. The molecule has 1 aromatic heterocycles. The number of hydrogen-bond acceptors (Lipinski definition) is 2. The van der Waals surface area contributed by atoms with Crippen molar-refractivity contribution < 1.29 is 0 Å². The van der Waals surface area contributed by atoms with E-state index in [9.17, 15) is 0 Å². The zero-order valence-electron chi connectivity index (χ0n) is 8.36. The van der Waals surface area contributed by atoms with Crippen LogP contribution in [0.2, 0.25) is 0 Å². The summed E-state index contributed by atoms with van der Waals surface area (Å²) < 4.78 is 1.98. The molecule has 1 aliphatic heterocycles. The fourth-order valence-corrected chi connectivity index (χ4v) is 1.13. The molecule has 0 bridgehead atoms. The Bertz CT molecular complexity index is 398. The summed E-state index contributed by atoms with van der Waals surface area (Å²) in [5, 5.41) is 1.11. The third kappa shape index (κ3) is 2.05. The van der Waals surface area contributed by atoms with E-state index in [0.717, 1.165) is 17.3 Å². The minimum Gasteiger partial charge on any atom is -0.333 e. The largest absolute Gasteiger partial charge is 0.333 e. The van der Waals surface area contributed by atoms with E-state index in [0.29, 0.717) is 0 Å². The van der Waals surface area contributed by atoms with Gasteiger partial charge in [-0.1, -0.05) is 26.0 Å². The Morgan fingerprint density at radius 2 is 2.15 bits per heavy atom. The van der Waals surface area contributed by atoms with Gasteiger partial charge < -0.3 is 4.57 Å². The van der Waals surface area contributed by atoms with Crippen molar-refractivity contribution in [3.8, 4) is 0 Å². The average molecular weight is 177 g/mol. The maximum absolute atomic E-state index is 4.16. The molecule has 13 heavy (non-hydrogen) atoms. The molecule has 1 aliphatic rings. The van der Waals surface area contributed by atoms with Gasteiger partial charge in [-0.3, -0.25) is 0 Å². The minimum absolute atomic E-state index is 0.821. The van der Waals surface area contributed by atoms with E-state index in [-0.39, 0.29) is 0 Å². The van der Waals surface area contributed by atoms with Crippen LogP contribution >= 0.6 is 0 Å². The summed E-state index contributed by atoms with van der Waals surface area (Å²) >= 11 is 0. The summed E-state index contributed by atoms with van der Waals surface area (Å²) in [7, 11) is 1.98. The predicted octanol–water partition coefficient (Wildman–Crippen LogP) is 0.764. The van der Waals surface area contributed by atoms with E-state index in [4.69, 9.17) is 0 Å². The summed E-state index contributed by atoms with van der Waals surface area (Å²) in [5.74, 6) is 0. The van der Waals surface area contributed by atoms with Crippen LogP contribution in [0.15, 0.2) is 23.6 Å². The monoisotopic (exact) mass is 177 g/mol.